The number of unbranched alkanes of at least 4 members (excludes halogenated alkanes) is 2. The predicted octanol–water partition coefficient (Wildman–Crippen LogP) is 5.31. The van der Waals surface area contributed by atoms with E-state index in [0.717, 1.165) is 12.8 Å². The van der Waals surface area contributed by atoms with E-state index in [-0.39, 0.29) is 22.8 Å². The summed E-state index contributed by atoms with van der Waals surface area (Å²) >= 11 is 0. The van der Waals surface area contributed by atoms with Crippen molar-refractivity contribution in [2.24, 2.45) is 0 Å². The maximum absolute atomic E-state index is 13.7. The molecule has 1 aliphatic rings. The Hall–Kier alpha value is -3.94. The fraction of sp³-hybridized carbons (Fsp3) is 0.333. The molecule has 1 atom stereocenters. The molecule has 1 amide bonds. The van der Waals surface area contributed by atoms with Crippen LogP contribution in [0.4, 0.5) is 0 Å². The lowest BCUT2D eigenvalue weighted by Gasteiger charge is -2.27. The molecule has 1 aliphatic heterocycles. The molecule has 0 bridgehead atoms. The third-order valence-corrected chi connectivity index (χ3v) is 6.10. The highest BCUT2D eigenvalue weighted by Gasteiger charge is 2.44. The molecule has 0 saturated heterocycles. The molecule has 3 aromatic rings. The number of Topliss-reactive ketones (excluding diaryl/α,β-unsaturated/α-hetero) is 1. The minimum absolute atomic E-state index is 0.0110. The monoisotopic (exact) mass is 479 g/mol. The summed E-state index contributed by atoms with van der Waals surface area (Å²) in [6.07, 6.45) is 2.56. The fourth-order valence-electron chi connectivity index (χ4n) is 4.41. The predicted molar refractivity (Wildman–Crippen MR) is 130 cm³/mol. The van der Waals surface area contributed by atoms with Gasteiger partial charge in [-0.15, -0.1) is 0 Å². The van der Waals surface area contributed by atoms with Crippen LogP contribution in [-0.4, -0.2) is 47.1 Å². The maximum Gasteiger partial charge on any atom is 0.290 e. The van der Waals surface area contributed by atoms with Gasteiger partial charge in [0, 0.05) is 11.9 Å². The Morgan fingerprint density at radius 1 is 1.09 bits per heavy atom. The first-order valence-corrected chi connectivity index (χ1v) is 11.7. The number of para-hydroxylation sites is 1. The van der Waals surface area contributed by atoms with Gasteiger partial charge in [0.15, 0.2) is 34.4 Å². The Bertz CT molecular complexity index is 1290. The minimum atomic E-state index is -0.859. The first kappa shape index (κ1) is 24.2. The molecule has 8 nitrogen and oxygen atoms in total. The van der Waals surface area contributed by atoms with Crippen LogP contribution in [0.5, 0.6) is 17.2 Å². The topological polar surface area (TPSA) is 109 Å². The number of ketones is 1. The van der Waals surface area contributed by atoms with Gasteiger partial charge in [-0.1, -0.05) is 38.0 Å². The van der Waals surface area contributed by atoms with Crippen molar-refractivity contribution in [2.45, 2.75) is 39.2 Å². The fourth-order valence-corrected chi connectivity index (χ4v) is 4.41. The minimum Gasteiger partial charge on any atom is -0.504 e. The zero-order valence-corrected chi connectivity index (χ0v) is 20.0. The van der Waals surface area contributed by atoms with E-state index >= 15 is 0 Å². The molecule has 0 saturated carbocycles. The highest BCUT2D eigenvalue weighted by molar-refractivity contribution is 6.16. The number of aliphatic hydroxyl groups excluding tert-OH is 1. The van der Waals surface area contributed by atoms with Gasteiger partial charge in [0.1, 0.15) is 0 Å². The number of amides is 1. The molecule has 4 rings (SSSR count). The van der Waals surface area contributed by atoms with Gasteiger partial charge in [-0.2, -0.15) is 0 Å². The Morgan fingerprint density at radius 3 is 2.60 bits per heavy atom. The van der Waals surface area contributed by atoms with Crippen molar-refractivity contribution in [3.05, 3.63) is 65.1 Å². The van der Waals surface area contributed by atoms with Crippen LogP contribution < -0.4 is 9.47 Å². The molecule has 0 spiro atoms. The quantitative estimate of drug-likeness (QED) is 0.299. The number of carbonyl (C=O) groups is 2. The normalized spacial score (nSPS) is 15.8. The molecule has 8 heteroatoms. The van der Waals surface area contributed by atoms with Gasteiger partial charge in [0.05, 0.1) is 25.3 Å². The SMILES string of the molecule is CCCCCN1C(=O)C(O)=C(C(=O)c2cc3cccc(OC)c3o2)C1c1ccc(O)c(OCC)c1. The van der Waals surface area contributed by atoms with Gasteiger partial charge in [0.25, 0.3) is 5.91 Å². The molecule has 1 unspecified atom stereocenters. The number of benzene rings is 2. The van der Waals surface area contributed by atoms with E-state index in [2.05, 4.69) is 6.92 Å². The number of phenolic OH excluding ortho intramolecular Hbond substituents is 1. The molecule has 35 heavy (non-hydrogen) atoms. The lowest BCUT2D eigenvalue weighted by molar-refractivity contribution is -0.129. The van der Waals surface area contributed by atoms with Crippen molar-refractivity contribution in [1.82, 2.24) is 4.90 Å². The molecule has 2 heterocycles. The second kappa shape index (κ2) is 10.1. The Kier molecular flexibility index (Phi) is 7.00. The Morgan fingerprint density at radius 2 is 1.89 bits per heavy atom. The lowest BCUT2D eigenvalue weighted by atomic mass is 9.94. The zero-order chi connectivity index (χ0) is 25.1. The van der Waals surface area contributed by atoms with Crippen LogP contribution in [0.15, 0.2) is 58.2 Å². The van der Waals surface area contributed by atoms with Gasteiger partial charge >= 0.3 is 0 Å². The van der Waals surface area contributed by atoms with Crippen LogP contribution in [0, 0.1) is 0 Å². The van der Waals surface area contributed by atoms with Crippen molar-refractivity contribution < 1.29 is 33.7 Å². The van der Waals surface area contributed by atoms with Crippen LogP contribution in [0.25, 0.3) is 11.0 Å². The number of nitrogens with zero attached hydrogens (tertiary/aromatic N) is 1. The van der Waals surface area contributed by atoms with E-state index in [1.54, 1.807) is 43.3 Å². The smallest absolute Gasteiger partial charge is 0.290 e. The van der Waals surface area contributed by atoms with Gasteiger partial charge < -0.3 is 29.0 Å². The summed E-state index contributed by atoms with van der Waals surface area (Å²) in [5.74, 6) is -1.17. The van der Waals surface area contributed by atoms with Crippen molar-refractivity contribution in [2.75, 3.05) is 20.3 Å². The van der Waals surface area contributed by atoms with E-state index in [4.69, 9.17) is 13.9 Å². The summed E-state index contributed by atoms with van der Waals surface area (Å²) in [7, 11) is 1.51. The second-order valence-corrected chi connectivity index (χ2v) is 8.35. The number of fused-ring (bicyclic) bond motifs is 1. The molecule has 184 valence electrons. The summed E-state index contributed by atoms with van der Waals surface area (Å²) < 4.78 is 16.7. The molecule has 2 aromatic carbocycles. The molecule has 1 aromatic heterocycles. The molecule has 0 aliphatic carbocycles. The standard InChI is InChI=1S/C27H29NO7/c1-4-6-7-13-28-23(16-11-12-18(29)20(14-16)34-5-2)22(25(31)27(28)32)24(30)21-15-17-9-8-10-19(33-3)26(17)35-21/h8-12,14-15,23,29,31H,4-7,13H2,1-3H3. The number of furan rings is 1. The van der Waals surface area contributed by atoms with E-state index in [0.29, 0.717) is 41.9 Å². The number of hydrogen-bond donors (Lipinski definition) is 2. The number of aromatic hydroxyl groups is 1. The molecular weight excluding hydrogens is 450 g/mol. The summed E-state index contributed by atoms with van der Waals surface area (Å²) in [5, 5.41) is 21.7. The average Bonchev–Trinajstić information content (AvgIpc) is 3.40. The van der Waals surface area contributed by atoms with Crippen molar-refractivity contribution in [1.29, 1.82) is 0 Å². The van der Waals surface area contributed by atoms with Gasteiger partial charge in [0.2, 0.25) is 5.78 Å². The maximum atomic E-state index is 13.7. The molecule has 2 N–H and O–H groups in total. The lowest BCUT2D eigenvalue weighted by Crippen LogP contribution is -2.32. The van der Waals surface area contributed by atoms with Gasteiger partial charge in [-0.3, -0.25) is 9.59 Å². The van der Waals surface area contributed by atoms with Crippen LogP contribution in [-0.2, 0) is 4.79 Å². The zero-order valence-electron chi connectivity index (χ0n) is 20.0. The number of methoxy groups -OCH3 is 1. The second-order valence-electron chi connectivity index (χ2n) is 8.35. The Labute approximate surface area is 203 Å². The summed E-state index contributed by atoms with van der Waals surface area (Å²) in [6, 6.07) is 10.7. The summed E-state index contributed by atoms with van der Waals surface area (Å²) in [6.45, 7) is 4.53. The van der Waals surface area contributed by atoms with Gasteiger partial charge in [-0.05, 0) is 43.2 Å². The molecule has 0 radical (unpaired) electrons. The van der Waals surface area contributed by atoms with Crippen molar-refractivity contribution >= 4 is 22.7 Å². The van der Waals surface area contributed by atoms with E-state index in [9.17, 15) is 19.8 Å². The average molecular weight is 480 g/mol. The number of rotatable bonds is 10. The highest BCUT2D eigenvalue weighted by atomic mass is 16.5. The van der Waals surface area contributed by atoms with Crippen LogP contribution in [0.1, 0.15) is 55.3 Å². The van der Waals surface area contributed by atoms with Crippen molar-refractivity contribution in [3.8, 4) is 17.2 Å². The molecule has 0 fully saturated rings. The summed E-state index contributed by atoms with van der Waals surface area (Å²) in [5.41, 5.74) is 0.872. The third kappa shape index (κ3) is 4.43. The third-order valence-electron chi connectivity index (χ3n) is 6.10. The van der Waals surface area contributed by atoms with E-state index in [1.165, 1.54) is 18.1 Å². The summed E-state index contributed by atoms with van der Waals surface area (Å²) in [4.78, 5) is 28.3. The number of ether oxygens (including phenoxy) is 2. The van der Waals surface area contributed by atoms with Gasteiger partial charge in [-0.25, -0.2) is 0 Å². The van der Waals surface area contributed by atoms with Crippen LogP contribution in [0.3, 0.4) is 0 Å². The van der Waals surface area contributed by atoms with Crippen LogP contribution >= 0.6 is 0 Å². The first-order valence-electron chi connectivity index (χ1n) is 11.7. The van der Waals surface area contributed by atoms with Crippen molar-refractivity contribution in [3.63, 3.8) is 0 Å². The number of carbonyl (C=O) groups excluding carboxylic acids is 2. The Balaban J connectivity index is 1.80. The van der Waals surface area contributed by atoms with Crippen LogP contribution in [0.2, 0.25) is 0 Å². The number of phenols is 1. The largest absolute Gasteiger partial charge is 0.504 e. The number of aliphatic hydroxyl groups is 1. The number of hydrogen-bond acceptors (Lipinski definition) is 7. The highest BCUT2D eigenvalue weighted by Crippen LogP contribution is 2.42. The van der Waals surface area contributed by atoms with E-state index < -0.39 is 23.5 Å². The first-order chi connectivity index (χ1) is 16.9. The van der Waals surface area contributed by atoms with E-state index in [1.807, 2.05) is 0 Å². The molecular formula is C27H29NO7.